The Kier molecular flexibility index (Phi) is 3.24. The number of rotatable bonds is 2. The average molecular weight is 270 g/mol. The Labute approximate surface area is 119 Å². The first-order valence-electron chi connectivity index (χ1n) is 7.30. The second-order valence-corrected chi connectivity index (χ2v) is 6.58. The van der Waals surface area contributed by atoms with Crippen molar-refractivity contribution in [3.63, 3.8) is 0 Å². The second-order valence-electron chi connectivity index (χ2n) is 6.58. The van der Waals surface area contributed by atoms with E-state index in [1.807, 2.05) is 18.2 Å². The van der Waals surface area contributed by atoms with Gasteiger partial charge in [-0.3, -0.25) is 0 Å². The van der Waals surface area contributed by atoms with E-state index in [0.717, 1.165) is 22.4 Å². The number of anilines is 2. The Morgan fingerprint density at radius 3 is 2.70 bits per heavy atom. The standard InChI is InChI=1S/C16H22N4/c1-16(2)7-5-12(6-8-16)20-15-13-4-3-11(17)9-14(13)18-10-19-15/h3-4,9-10,12H,5-8,17H2,1-2H3,(H,18,19,20). The number of nitrogens with zero attached hydrogens (tertiary/aromatic N) is 2. The van der Waals surface area contributed by atoms with E-state index < -0.39 is 0 Å². The molecule has 1 aromatic heterocycles. The molecule has 1 fully saturated rings. The number of aromatic nitrogens is 2. The van der Waals surface area contributed by atoms with Gasteiger partial charge in [-0.15, -0.1) is 0 Å². The maximum Gasteiger partial charge on any atom is 0.137 e. The normalized spacial score (nSPS) is 19.1. The van der Waals surface area contributed by atoms with Crippen LogP contribution in [-0.4, -0.2) is 16.0 Å². The Morgan fingerprint density at radius 1 is 1.20 bits per heavy atom. The van der Waals surface area contributed by atoms with E-state index in [2.05, 4.69) is 29.1 Å². The van der Waals surface area contributed by atoms with Crippen LogP contribution in [0.15, 0.2) is 24.5 Å². The Hall–Kier alpha value is -1.84. The highest BCUT2D eigenvalue weighted by Crippen LogP contribution is 2.36. The van der Waals surface area contributed by atoms with Crippen LogP contribution >= 0.6 is 0 Å². The number of nitrogens with two attached hydrogens (primary N) is 1. The molecule has 0 bridgehead atoms. The molecule has 3 rings (SSSR count). The number of hydrogen-bond donors (Lipinski definition) is 2. The minimum Gasteiger partial charge on any atom is -0.399 e. The summed E-state index contributed by atoms with van der Waals surface area (Å²) in [5.41, 5.74) is 7.93. The lowest BCUT2D eigenvalue weighted by Gasteiger charge is -2.34. The lowest BCUT2D eigenvalue weighted by atomic mass is 9.75. The van der Waals surface area contributed by atoms with Crippen molar-refractivity contribution in [2.75, 3.05) is 11.1 Å². The molecule has 1 saturated carbocycles. The van der Waals surface area contributed by atoms with Gasteiger partial charge in [-0.2, -0.15) is 0 Å². The van der Waals surface area contributed by atoms with Crippen LogP contribution in [0.5, 0.6) is 0 Å². The Morgan fingerprint density at radius 2 is 1.95 bits per heavy atom. The molecular weight excluding hydrogens is 248 g/mol. The molecule has 1 aromatic carbocycles. The van der Waals surface area contributed by atoms with E-state index in [1.54, 1.807) is 6.33 Å². The molecule has 4 heteroatoms. The maximum atomic E-state index is 5.81. The van der Waals surface area contributed by atoms with Crippen molar-refractivity contribution < 1.29 is 0 Å². The molecule has 3 N–H and O–H groups in total. The monoisotopic (exact) mass is 270 g/mol. The summed E-state index contributed by atoms with van der Waals surface area (Å²) in [4.78, 5) is 8.69. The molecule has 0 aliphatic heterocycles. The van der Waals surface area contributed by atoms with Gasteiger partial charge in [0, 0.05) is 17.1 Å². The van der Waals surface area contributed by atoms with Gasteiger partial charge < -0.3 is 11.1 Å². The number of nitrogens with one attached hydrogen (secondary N) is 1. The molecular formula is C16H22N4. The summed E-state index contributed by atoms with van der Waals surface area (Å²) in [6.45, 7) is 4.71. The third-order valence-corrected chi connectivity index (χ3v) is 4.34. The topological polar surface area (TPSA) is 63.8 Å². The van der Waals surface area contributed by atoms with Crippen molar-refractivity contribution in [2.45, 2.75) is 45.6 Å². The van der Waals surface area contributed by atoms with E-state index in [9.17, 15) is 0 Å². The molecule has 20 heavy (non-hydrogen) atoms. The van der Waals surface area contributed by atoms with Gasteiger partial charge in [-0.25, -0.2) is 9.97 Å². The smallest absolute Gasteiger partial charge is 0.137 e. The average Bonchev–Trinajstić information content (AvgIpc) is 2.41. The van der Waals surface area contributed by atoms with Gasteiger partial charge in [-0.05, 0) is 49.3 Å². The van der Waals surface area contributed by atoms with E-state index in [-0.39, 0.29) is 0 Å². The van der Waals surface area contributed by atoms with Gasteiger partial charge in [0.2, 0.25) is 0 Å². The van der Waals surface area contributed by atoms with Gasteiger partial charge in [0.15, 0.2) is 0 Å². The summed E-state index contributed by atoms with van der Waals surface area (Å²) in [6, 6.07) is 6.31. The minimum absolute atomic E-state index is 0.486. The quantitative estimate of drug-likeness (QED) is 0.818. The molecule has 1 heterocycles. The zero-order chi connectivity index (χ0) is 14.2. The van der Waals surface area contributed by atoms with Crippen LogP contribution in [0.1, 0.15) is 39.5 Å². The van der Waals surface area contributed by atoms with Crippen molar-refractivity contribution in [1.29, 1.82) is 0 Å². The van der Waals surface area contributed by atoms with Gasteiger partial charge in [0.05, 0.1) is 5.52 Å². The summed E-state index contributed by atoms with van der Waals surface area (Å²) in [6.07, 6.45) is 6.54. The zero-order valence-corrected chi connectivity index (χ0v) is 12.2. The maximum absolute atomic E-state index is 5.81. The fraction of sp³-hybridized carbons (Fsp3) is 0.500. The third-order valence-electron chi connectivity index (χ3n) is 4.34. The molecule has 0 atom stereocenters. The highest BCUT2D eigenvalue weighted by molar-refractivity contribution is 5.90. The molecule has 0 spiro atoms. The van der Waals surface area contributed by atoms with E-state index in [0.29, 0.717) is 11.5 Å². The highest BCUT2D eigenvalue weighted by Gasteiger charge is 2.27. The van der Waals surface area contributed by atoms with Gasteiger partial charge in [0.25, 0.3) is 0 Å². The molecule has 0 amide bonds. The fourth-order valence-corrected chi connectivity index (χ4v) is 2.93. The van der Waals surface area contributed by atoms with Crippen LogP contribution in [0.25, 0.3) is 10.9 Å². The first kappa shape index (κ1) is 13.2. The predicted octanol–water partition coefficient (Wildman–Crippen LogP) is 3.59. The number of nitrogen functional groups attached to an aromatic ring is 1. The van der Waals surface area contributed by atoms with E-state index >= 15 is 0 Å². The van der Waals surface area contributed by atoms with Crippen molar-refractivity contribution in [3.05, 3.63) is 24.5 Å². The molecule has 0 unspecified atom stereocenters. The summed E-state index contributed by atoms with van der Waals surface area (Å²) in [7, 11) is 0. The van der Waals surface area contributed by atoms with Crippen molar-refractivity contribution >= 4 is 22.4 Å². The van der Waals surface area contributed by atoms with Crippen LogP contribution in [0.2, 0.25) is 0 Å². The summed E-state index contributed by atoms with van der Waals surface area (Å²) in [5.74, 6) is 0.930. The Balaban J connectivity index is 1.81. The number of benzene rings is 1. The summed E-state index contributed by atoms with van der Waals surface area (Å²) in [5, 5.41) is 4.64. The first-order valence-corrected chi connectivity index (χ1v) is 7.30. The second kappa shape index (κ2) is 4.93. The van der Waals surface area contributed by atoms with Crippen LogP contribution in [-0.2, 0) is 0 Å². The van der Waals surface area contributed by atoms with Crippen LogP contribution in [0.3, 0.4) is 0 Å². The van der Waals surface area contributed by atoms with Crippen LogP contribution in [0.4, 0.5) is 11.5 Å². The van der Waals surface area contributed by atoms with Crippen LogP contribution < -0.4 is 11.1 Å². The highest BCUT2D eigenvalue weighted by atomic mass is 15.0. The van der Waals surface area contributed by atoms with Crippen molar-refractivity contribution in [1.82, 2.24) is 9.97 Å². The van der Waals surface area contributed by atoms with Crippen molar-refractivity contribution in [2.24, 2.45) is 5.41 Å². The lowest BCUT2D eigenvalue weighted by Crippen LogP contribution is -2.30. The number of fused-ring (bicyclic) bond motifs is 1. The zero-order valence-electron chi connectivity index (χ0n) is 12.2. The predicted molar refractivity (Wildman–Crippen MR) is 83.6 cm³/mol. The summed E-state index contributed by atoms with van der Waals surface area (Å²) < 4.78 is 0. The third kappa shape index (κ3) is 2.69. The molecule has 0 radical (unpaired) electrons. The molecule has 1 aliphatic carbocycles. The molecule has 4 nitrogen and oxygen atoms in total. The molecule has 1 aliphatic rings. The van der Waals surface area contributed by atoms with E-state index in [1.165, 1.54) is 25.7 Å². The first-order chi connectivity index (χ1) is 9.53. The molecule has 106 valence electrons. The van der Waals surface area contributed by atoms with Gasteiger partial charge in [0.1, 0.15) is 12.1 Å². The molecule has 2 aromatic rings. The van der Waals surface area contributed by atoms with Crippen molar-refractivity contribution in [3.8, 4) is 0 Å². The van der Waals surface area contributed by atoms with E-state index in [4.69, 9.17) is 5.73 Å². The van der Waals surface area contributed by atoms with Gasteiger partial charge >= 0.3 is 0 Å². The number of hydrogen-bond acceptors (Lipinski definition) is 4. The largest absolute Gasteiger partial charge is 0.399 e. The molecule has 0 saturated heterocycles. The fourth-order valence-electron chi connectivity index (χ4n) is 2.93. The van der Waals surface area contributed by atoms with Crippen LogP contribution in [0, 0.1) is 5.41 Å². The minimum atomic E-state index is 0.486. The Bertz CT molecular complexity index is 611. The summed E-state index contributed by atoms with van der Waals surface area (Å²) >= 11 is 0. The SMILES string of the molecule is CC1(C)CCC(Nc2ncnc3cc(N)ccc23)CC1. The van der Waals surface area contributed by atoms with Gasteiger partial charge in [-0.1, -0.05) is 13.8 Å². The lowest BCUT2D eigenvalue weighted by molar-refractivity contribution is 0.232.